The Morgan fingerprint density at radius 1 is 1.53 bits per heavy atom. The molecule has 0 fully saturated rings. The van der Waals surface area contributed by atoms with Gasteiger partial charge in [-0.05, 0) is 12.1 Å². The number of ether oxygens (including phenoxy) is 1. The van der Waals surface area contributed by atoms with Gasteiger partial charge in [-0.3, -0.25) is 0 Å². The van der Waals surface area contributed by atoms with E-state index >= 15 is 0 Å². The van der Waals surface area contributed by atoms with Crippen LogP contribution >= 0.6 is 23.1 Å². The first kappa shape index (κ1) is 12.1. The molecular weight excluding hydrogens is 265 g/mol. The molecule has 0 atom stereocenters. The second-order valence-corrected chi connectivity index (χ2v) is 4.32. The fourth-order valence-corrected chi connectivity index (χ4v) is 1.90. The maximum atomic E-state index is 12.9. The lowest BCUT2D eigenvalue weighted by atomic mass is 10.3. The molecule has 4 nitrogen and oxygen atoms in total. The topological polar surface area (TPSA) is 47.0 Å². The first-order valence-electron chi connectivity index (χ1n) is 4.77. The molecule has 0 bridgehead atoms. The van der Waals surface area contributed by atoms with Crippen molar-refractivity contribution in [3.63, 3.8) is 0 Å². The molecule has 0 spiro atoms. The summed E-state index contributed by atoms with van der Waals surface area (Å²) < 4.78 is 22.2. The van der Waals surface area contributed by atoms with E-state index in [0.29, 0.717) is 11.4 Å². The van der Waals surface area contributed by atoms with Gasteiger partial charge in [0.05, 0.1) is 5.02 Å². The Morgan fingerprint density at radius 3 is 3.06 bits per heavy atom. The van der Waals surface area contributed by atoms with E-state index in [1.807, 2.05) is 0 Å². The molecule has 1 N–H and O–H groups in total. The summed E-state index contributed by atoms with van der Waals surface area (Å²) in [6, 6.07) is 4.20. The predicted molar refractivity (Wildman–Crippen MR) is 65.2 cm³/mol. The summed E-state index contributed by atoms with van der Waals surface area (Å²) in [5.41, 5.74) is 0.706. The minimum atomic E-state index is -0.467. The molecular formula is C10H9ClFN3OS. The molecule has 1 heterocycles. The first-order chi connectivity index (χ1) is 8.20. The highest BCUT2D eigenvalue weighted by atomic mass is 35.5. The van der Waals surface area contributed by atoms with Gasteiger partial charge in [-0.1, -0.05) is 16.1 Å². The Labute approximate surface area is 107 Å². The molecule has 2 aromatic rings. The largest absolute Gasteiger partial charge is 0.487 e. The van der Waals surface area contributed by atoms with Crippen molar-refractivity contribution in [1.29, 1.82) is 0 Å². The monoisotopic (exact) mass is 273 g/mol. The summed E-state index contributed by atoms with van der Waals surface area (Å²) in [5, 5.41) is 7.76. The van der Waals surface area contributed by atoms with Gasteiger partial charge in [-0.15, -0.1) is 5.10 Å². The van der Waals surface area contributed by atoms with E-state index in [-0.39, 0.29) is 11.6 Å². The van der Waals surface area contributed by atoms with Gasteiger partial charge < -0.3 is 10.1 Å². The summed E-state index contributed by atoms with van der Waals surface area (Å²) in [5.74, 6) is 0.0247. The number of rotatable bonds is 4. The fraction of sp³-hybridized carbons (Fsp3) is 0.200. The van der Waals surface area contributed by atoms with Crippen LogP contribution in [0.25, 0.3) is 0 Å². The van der Waals surface area contributed by atoms with Gasteiger partial charge in [-0.25, -0.2) is 4.39 Å². The predicted octanol–water partition coefficient (Wildman–Crippen LogP) is 2.95. The second kappa shape index (κ2) is 5.29. The van der Waals surface area contributed by atoms with Crippen LogP contribution in [-0.2, 0) is 6.61 Å². The van der Waals surface area contributed by atoms with Crippen LogP contribution in [0.15, 0.2) is 18.2 Å². The molecule has 1 aromatic carbocycles. The third kappa shape index (κ3) is 2.83. The minimum Gasteiger partial charge on any atom is -0.487 e. The number of hydrogen-bond donors (Lipinski definition) is 1. The van der Waals surface area contributed by atoms with Gasteiger partial charge >= 0.3 is 0 Å². The maximum absolute atomic E-state index is 12.9. The summed E-state index contributed by atoms with van der Waals surface area (Å²) in [4.78, 5) is 0. The maximum Gasteiger partial charge on any atom is 0.142 e. The van der Waals surface area contributed by atoms with Crippen LogP contribution in [0.3, 0.4) is 0 Å². The van der Waals surface area contributed by atoms with E-state index in [4.69, 9.17) is 16.3 Å². The molecule has 0 unspecified atom stereocenters. The molecule has 0 saturated heterocycles. The first-order valence-corrected chi connectivity index (χ1v) is 5.92. The zero-order valence-corrected chi connectivity index (χ0v) is 10.5. The lowest BCUT2D eigenvalue weighted by Crippen LogP contribution is -1.99. The molecule has 0 aliphatic rings. The zero-order chi connectivity index (χ0) is 12.3. The molecule has 7 heteroatoms. The molecule has 1 aromatic heterocycles. The van der Waals surface area contributed by atoms with Crippen molar-refractivity contribution < 1.29 is 9.13 Å². The highest BCUT2D eigenvalue weighted by Gasteiger charge is 2.08. The molecule has 0 aliphatic heterocycles. The Kier molecular flexibility index (Phi) is 3.75. The van der Waals surface area contributed by atoms with Crippen LogP contribution in [0.5, 0.6) is 5.75 Å². The van der Waals surface area contributed by atoms with E-state index in [0.717, 1.165) is 5.00 Å². The summed E-state index contributed by atoms with van der Waals surface area (Å²) >= 11 is 6.89. The number of nitrogens with zero attached hydrogens (tertiary/aromatic N) is 2. The molecule has 17 heavy (non-hydrogen) atoms. The van der Waals surface area contributed by atoms with Gasteiger partial charge in [0, 0.05) is 24.6 Å². The van der Waals surface area contributed by atoms with E-state index in [9.17, 15) is 4.39 Å². The van der Waals surface area contributed by atoms with E-state index in [2.05, 4.69) is 14.9 Å². The van der Waals surface area contributed by atoms with Crippen molar-refractivity contribution in [2.45, 2.75) is 6.61 Å². The third-order valence-corrected chi connectivity index (χ3v) is 3.12. The van der Waals surface area contributed by atoms with Gasteiger partial charge in [0.25, 0.3) is 0 Å². The summed E-state index contributed by atoms with van der Waals surface area (Å²) in [6.07, 6.45) is 0. The molecule has 2 rings (SSSR count). The molecule has 0 radical (unpaired) electrons. The molecule has 90 valence electrons. The highest BCUT2D eigenvalue weighted by Crippen LogP contribution is 2.23. The standard InChI is InChI=1S/C10H9ClFN3OS/c1-13-10-9(14-15-17-10)5-16-6-2-3-8(12)7(11)4-6/h2-4,13H,5H2,1H3. The smallest absolute Gasteiger partial charge is 0.142 e. The van der Waals surface area contributed by atoms with E-state index in [1.165, 1.54) is 29.7 Å². The quantitative estimate of drug-likeness (QED) is 0.930. The van der Waals surface area contributed by atoms with Crippen molar-refractivity contribution in [3.05, 3.63) is 34.7 Å². The van der Waals surface area contributed by atoms with Gasteiger partial charge in [-0.2, -0.15) is 0 Å². The normalized spacial score (nSPS) is 10.3. The van der Waals surface area contributed by atoms with Crippen molar-refractivity contribution in [3.8, 4) is 5.75 Å². The number of halogens is 2. The summed E-state index contributed by atoms with van der Waals surface area (Å²) in [6.45, 7) is 0.259. The lowest BCUT2D eigenvalue weighted by molar-refractivity contribution is 0.301. The van der Waals surface area contributed by atoms with Gasteiger partial charge in [0.2, 0.25) is 0 Å². The van der Waals surface area contributed by atoms with Crippen LogP contribution in [0.1, 0.15) is 5.69 Å². The van der Waals surface area contributed by atoms with Crippen LogP contribution in [0.2, 0.25) is 5.02 Å². The molecule has 0 aliphatic carbocycles. The Balaban J connectivity index is 2.05. The number of anilines is 1. The number of hydrogen-bond acceptors (Lipinski definition) is 5. The van der Waals surface area contributed by atoms with Gasteiger partial charge in [0.1, 0.15) is 28.9 Å². The Morgan fingerprint density at radius 2 is 2.35 bits per heavy atom. The Hall–Kier alpha value is -1.40. The fourth-order valence-electron chi connectivity index (χ4n) is 1.21. The molecule has 0 amide bonds. The summed E-state index contributed by atoms with van der Waals surface area (Å²) in [7, 11) is 1.79. The number of aromatic nitrogens is 2. The average molecular weight is 274 g/mol. The second-order valence-electron chi connectivity index (χ2n) is 3.16. The van der Waals surface area contributed by atoms with E-state index < -0.39 is 5.82 Å². The van der Waals surface area contributed by atoms with Crippen molar-refractivity contribution in [2.24, 2.45) is 0 Å². The average Bonchev–Trinajstić information content (AvgIpc) is 2.78. The van der Waals surface area contributed by atoms with Crippen LogP contribution < -0.4 is 10.1 Å². The minimum absolute atomic E-state index is 0.0349. The van der Waals surface area contributed by atoms with Crippen LogP contribution in [0, 0.1) is 5.82 Å². The van der Waals surface area contributed by atoms with Crippen LogP contribution in [0.4, 0.5) is 9.39 Å². The van der Waals surface area contributed by atoms with E-state index in [1.54, 1.807) is 7.05 Å². The van der Waals surface area contributed by atoms with Gasteiger partial charge in [0.15, 0.2) is 0 Å². The number of benzene rings is 1. The van der Waals surface area contributed by atoms with Crippen molar-refractivity contribution in [2.75, 3.05) is 12.4 Å². The lowest BCUT2D eigenvalue weighted by Gasteiger charge is -2.05. The number of nitrogens with one attached hydrogen (secondary N) is 1. The van der Waals surface area contributed by atoms with Crippen molar-refractivity contribution in [1.82, 2.24) is 9.59 Å². The SMILES string of the molecule is CNc1snnc1COc1ccc(F)c(Cl)c1. The highest BCUT2D eigenvalue weighted by molar-refractivity contribution is 7.10. The molecule has 0 saturated carbocycles. The Bertz CT molecular complexity index is 520. The van der Waals surface area contributed by atoms with Crippen molar-refractivity contribution >= 4 is 28.1 Å². The third-order valence-electron chi connectivity index (χ3n) is 2.05. The van der Waals surface area contributed by atoms with Crippen LogP contribution in [-0.4, -0.2) is 16.6 Å². The zero-order valence-electron chi connectivity index (χ0n) is 8.91.